The smallest absolute Gasteiger partial charge is 0.406 e. The van der Waals surface area contributed by atoms with Crippen LogP contribution in [0.2, 0.25) is 0 Å². The molecule has 0 bridgehead atoms. The number of piperazine rings is 1. The fraction of sp³-hybridized carbons (Fsp3) is 0.447. The molecule has 2 aliphatic rings. The van der Waals surface area contributed by atoms with Gasteiger partial charge in [0.15, 0.2) is 5.78 Å². The molecule has 1 aromatic heterocycles. The predicted octanol–water partition coefficient (Wildman–Crippen LogP) is 8.20. The van der Waals surface area contributed by atoms with E-state index in [4.69, 9.17) is 5.73 Å². The number of ether oxygens (including phenoxy) is 1. The van der Waals surface area contributed by atoms with Gasteiger partial charge in [0.05, 0.1) is 5.54 Å². The Bertz CT molecular complexity index is 1720. The normalized spacial score (nSPS) is 17.4. The van der Waals surface area contributed by atoms with Gasteiger partial charge in [-0.2, -0.15) is 0 Å². The maximum atomic E-state index is 14.2. The fourth-order valence-corrected chi connectivity index (χ4v) is 7.24. The average molecular weight is 683 g/mol. The number of nitrogens with two attached hydrogens (primary N) is 1. The summed E-state index contributed by atoms with van der Waals surface area (Å²) in [4.78, 5) is 17.3. The third kappa shape index (κ3) is 8.69. The number of ketones is 1. The van der Waals surface area contributed by atoms with E-state index >= 15 is 0 Å². The van der Waals surface area contributed by atoms with Crippen molar-refractivity contribution in [3.05, 3.63) is 89.6 Å². The summed E-state index contributed by atoms with van der Waals surface area (Å²) in [7, 11) is 0. The highest BCUT2D eigenvalue weighted by atomic mass is 19.4. The standard InChI is InChI=1S/C38H43F5N4O2/c39-33-7-6-8-34(40)32(33)25-46-21-19-45(20-22-46)24-27-10-15-35-30(23-27)31(28-11-13-29(14-12-28)49-38(41,42)43)26-47(35)18-5-2-9-36(48)37(44)16-3-1-4-17-37/h6-8,10-15,23,26H,1-5,9,16-22,24-25,44H2. The SMILES string of the molecule is NC1(C(=O)CCCCn2cc(-c3ccc(OC(F)(F)F)cc3)c3cc(CN4CCN(Cc5c(F)cccc5F)CC4)ccc32)CCCCC1. The zero-order valence-corrected chi connectivity index (χ0v) is 27.6. The van der Waals surface area contributed by atoms with Gasteiger partial charge >= 0.3 is 6.36 Å². The molecule has 1 aliphatic heterocycles. The topological polar surface area (TPSA) is 63.7 Å². The van der Waals surface area contributed by atoms with Crippen molar-refractivity contribution in [2.45, 2.75) is 82.9 Å². The molecule has 49 heavy (non-hydrogen) atoms. The van der Waals surface area contributed by atoms with Gasteiger partial charge in [0.1, 0.15) is 17.4 Å². The number of aryl methyl sites for hydroxylation is 1. The van der Waals surface area contributed by atoms with Crippen LogP contribution in [0.25, 0.3) is 22.0 Å². The van der Waals surface area contributed by atoms with Crippen LogP contribution in [0.3, 0.4) is 0 Å². The summed E-state index contributed by atoms with van der Waals surface area (Å²) in [6, 6.07) is 16.1. The first-order valence-electron chi connectivity index (χ1n) is 17.2. The first kappa shape index (κ1) is 35.0. The largest absolute Gasteiger partial charge is 0.573 e. The number of fused-ring (bicyclic) bond motifs is 1. The summed E-state index contributed by atoms with van der Waals surface area (Å²) < 4.78 is 73.0. The second-order valence-corrected chi connectivity index (χ2v) is 13.5. The quantitative estimate of drug-likeness (QED) is 0.121. The van der Waals surface area contributed by atoms with Gasteiger partial charge in [-0.15, -0.1) is 13.2 Å². The monoisotopic (exact) mass is 682 g/mol. The summed E-state index contributed by atoms with van der Waals surface area (Å²) in [6.07, 6.45) is 3.87. The van der Waals surface area contributed by atoms with Crippen LogP contribution in [0, 0.1) is 11.6 Å². The highest BCUT2D eigenvalue weighted by Crippen LogP contribution is 2.34. The predicted molar refractivity (Wildman–Crippen MR) is 180 cm³/mol. The van der Waals surface area contributed by atoms with Crippen LogP contribution in [0.5, 0.6) is 5.75 Å². The molecule has 3 aromatic carbocycles. The van der Waals surface area contributed by atoms with E-state index in [2.05, 4.69) is 37.3 Å². The summed E-state index contributed by atoms with van der Waals surface area (Å²) >= 11 is 0. The average Bonchev–Trinajstić information content (AvgIpc) is 3.43. The van der Waals surface area contributed by atoms with Gasteiger partial charge in [-0.05, 0) is 73.2 Å². The second kappa shape index (κ2) is 15.0. The van der Waals surface area contributed by atoms with Crippen LogP contribution in [-0.4, -0.2) is 58.2 Å². The van der Waals surface area contributed by atoms with Crippen LogP contribution in [0.4, 0.5) is 22.0 Å². The minimum atomic E-state index is -4.77. The van der Waals surface area contributed by atoms with Crippen molar-refractivity contribution in [3.8, 4) is 16.9 Å². The number of carbonyl (C=O) groups excluding carboxylic acids is 1. The Kier molecular flexibility index (Phi) is 10.7. The minimum Gasteiger partial charge on any atom is -0.406 e. The van der Waals surface area contributed by atoms with E-state index < -0.39 is 23.5 Å². The van der Waals surface area contributed by atoms with Gasteiger partial charge in [0.25, 0.3) is 0 Å². The van der Waals surface area contributed by atoms with Crippen molar-refractivity contribution < 1.29 is 31.5 Å². The number of nitrogens with zero attached hydrogens (tertiary/aromatic N) is 3. The number of benzene rings is 3. The lowest BCUT2D eigenvalue weighted by Gasteiger charge is -2.34. The molecule has 11 heteroatoms. The number of hydrogen-bond acceptors (Lipinski definition) is 5. The van der Waals surface area contributed by atoms with Gasteiger partial charge in [-0.1, -0.05) is 43.5 Å². The summed E-state index contributed by atoms with van der Waals surface area (Å²) in [5, 5.41) is 0.981. The first-order valence-corrected chi connectivity index (χ1v) is 17.2. The lowest BCUT2D eigenvalue weighted by molar-refractivity contribution is -0.274. The fourth-order valence-electron chi connectivity index (χ4n) is 7.24. The van der Waals surface area contributed by atoms with E-state index in [1.165, 1.54) is 30.3 Å². The first-order chi connectivity index (χ1) is 23.5. The number of alkyl halides is 3. The molecule has 2 heterocycles. The summed E-state index contributed by atoms with van der Waals surface area (Å²) in [5.74, 6) is -1.19. The number of Topliss-reactive ketones (excluding diaryl/α,β-unsaturated/α-hetero) is 1. The van der Waals surface area contributed by atoms with E-state index in [0.29, 0.717) is 32.6 Å². The van der Waals surface area contributed by atoms with Gasteiger partial charge in [0.2, 0.25) is 0 Å². The molecule has 262 valence electrons. The van der Waals surface area contributed by atoms with E-state index in [1.807, 2.05) is 6.20 Å². The lowest BCUT2D eigenvalue weighted by atomic mass is 9.78. The molecule has 6 rings (SSSR count). The molecule has 1 saturated heterocycles. The summed E-state index contributed by atoms with van der Waals surface area (Å²) in [5.41, 5.74) is 9.61. The maximum absolute atomic E-state index is 14.2. The van der Waals surface area contributed by atoms with Crippen LogP contribution in [-0.2, 0) is 24.4 Å². The molecule has 1 saturated carbocycles. The molecule has 0 spiro atoms. The highest BCUT2D eigenvalue weighted by molar-refractivity contribution is 5.96. The molecule has 0 amide bonds. The zero-order chi connectivity index (χ0) is 34.6. The van der Waals surface area contributed by atoms with Crippen molar-refractivity contribution in [1.82, 2.24) is 14.4 Å². The van der Waals surface area contributed by atoms with E-state index in [-0.39, 0.29) is 23.6 Å². The van der Waals surface area contributed by atoms with Crippen molar-refractivity contribution in [2.75, 3.05) is 26.2 Å². The van der Waals surface area contributed by atoms with Crippen molar-refractivity contribution in [1.29, 1.82) is 0 Å². The Labute approximate surface area is 283 Å². The zero-order valence-electron chi connectivity index (χ0n) is 27.6. The van der Waals surface area contributed by atoms with Crippen LogP contribution in [0.1, 0.15) is 62.5 Å². The number of hydrogen-bond donors (Lipinski definition) is 1. The third-order valence-electron chi connectivity index (χ3n) is 10.0. The molecule has 2 fully saturated rings. The van der Waals surface area contributed by atoms with Gasteiger partial charge in [0, 0.05) is 80.5 Å². The Morgan fingerprint density at radius 1 is 0.837 bits per heavy atom. The van der Waals surface area contributed by atoms with Crippen molar-refractivity contribution in [3.63, 3.8) is 0 Å². The Morgan fingerprint density at radius 2 is 1.49 bits per heavy atom. The molecule has 2 N–H and O–H groups in total. The minimum absolute atomic E-state index is 0.0931. The maximum Gasteiger partial charge on any atom is 0.573 e. The lowest BCUT2D eigenvalue weighted by Crippen LogP contribution is -2.49. The summed E-state index contributed by atoms with van der Waals surface area (Å²) in [6.45, 7) is 4.43. The molecular weight excluding hydrogens is 639 g/mol. The molecule has 4 aromatic rings. The molecule has 1 aliphatic carbocycles. The second-order valence-electron chi connectivity index (χ2n) is 13.5. The number of rotatable bonds is 12. The van der Waals surface area contributed by atoms with Gasteiger partial charge in [-0.3, -0.25) is 14.6 Å². The molecule has 0 radical (unpaired) electrons. The van der Waals surface area contributed by atoms with Gasteiger partial charge in [-0.25, -0.2) is 8.78 Å². The van der Waals surface area contributed by atoms with Crippen LogP contribution >= 0.6 is 0 Å². The molecule has 0 unspecified atom stereocenters. The number of carbonyl (C=O) groups is 1. The van der Waals surface area contributed by atoms with Gasteiger partial charge < -0.3 is 15.0 Å². The van der Waals surface area contributed by atoms with Crippen LogP contribution in [0.15, 0.2) is 66.9 Å². The molecule has 6 nitrogen and oxygen atoms in total. The van der Waals surface area contributed by atoms with E-state index in [9.17, 15) is 26.7 Å². The Balaban J connectivity index is 1.15. The van der Waals surface area contributed by atoms with E-state index in [1.54, 1.807) is 12.1 Å². The van der Waals surface area contributed by atoms with Crippen molar-refractivity contribution >= 4 is 16.7 Å². The van der Waals surface area contributed by atoms with Crippen molar-refractivity contribution in [2.24, 2.45) is 5.73 Å². The Morgan fingerprint density at radius 3 is 2.14 bits per heavy atom. The molecular formula is C38H43F5N4O2. The number of unbranched alkanes of at least 4 members (excludes halogenated alkanes) is 1. The number of aromatic nitrogens is 1. The van der Waals surface area contributed by atoms with Crippen LogP contribution < -0.4 is 10.5 Å². The van der Waals surface area contributed by atoms with E-state index in [0.717, 1.165) is 85.6 Å². The Hall–Kier alpha value is -3.80. The third-order valence-corrected chi connectivity index (χ3v) is 10.0. The number of halogens is 5. The highest BCUT2D eigenvalue weighted by Gasteiger charge is 2.34. The molecule has 0 atom stereocenters.